The molecule has 6 nitrogen and oxygen atoms in total. The average Bonchev–Trinajstić information content (AvgIpc) is 3.32. The highest BCUT2D eigenvalue weighted by Crippen LogP contribution is 2.20. The summed E-state index contributed by atoms with van der Waals surface area (Å²) in [4.78, 5) is 24.2. The van der Waals surface area contributed by atoms with Crippen molar-refractivity contribution in [3.8, 4) is 0 Å². The zero-order chi connectivity index (χ0) is 17.8. The molecule has 2 aromatic heterocycles. The standard InChI is InChI=1S/C20H23N5O/c26-19(18-10-12-22-20(25-18)24-15-5-1-2-6-15)21-11-9-14-13-23-17-8-4-3-7-16(14)17/h3-4,7-8,10,12-13,15,23H,1-2,5-6,9,11H2,(H,21,26)(H,22,24,25). The first-order valence-corrected chi connectivity index (χ1v) is 9.22. The van der Waals surface area contributed by atoms with E-state index in [-0.39, 0.29) is 5.91 Å². The topological polar surface area (TPSA) is 82.7 Å². The number of hydrogen-bond acceptors (Lipinski definition) is 4. The highest BCUT2D eigenvalue weighted by Gasteiger charge is 2.16. The van der Waals surface area contributed by atoms with Crippen LogP contribution in [0.1, 0.15) is 41.7 Å². The molecular formula is C20H23N5O. The predicted molar refractivity (Wildman–Crippen MR) is 102 cm³/mol. The summed E-state index contributed by atoms with van der Waals surface area (Å²) in [5.41, 5.74) is 2.72. The summed E-state index contributed by atoms with van der Waals surface area (Å²) < 4.78 is 0. The van der Waals surface area contributed by atoms with E-state index in [9.17, 15) is 4.79 Å². The van der Waals surface area contributed by atoms with Gasteiger partial charge in [0.05, 0.1) is 0 Å². The number of nitrogens with zero attached hydrogens (tertiary/aromatic N) is 2. The summed E-state index contributed by atoms with van der Waals surface area (Å²) in [6, 6.07) is 10.3. The van der Waals surface area contributed by atoms with E-state index >= 15 is 0 Å². The van der Waals surface area contributed by atoms with Crippen LogP contribution in [-0.2, 0) is 6.42 Å². The molecule has 134 valence electrons. The number of benzene rings is 1. The van der Waals surface area contributed by atoms with Gasteiger partial charge in [-0.2, -0.15) is 0 Å². The fourth-order valence-electron chi connectivity index (χ4n) is 3.55. The molecule has 26 heavy (non-hydrogen) atoms. The number of carbonyl (C=O) groups excluding carboxylic acids is 1. The minimum absolute atomic E-state index is 0.165. The van der Waals surface area contributed by atoms with Crippen LogP contribution in [0.15, 0.2) is 42.7 Å². The van der Waals surface area contributed by atoms with Gasteiger partial charge in [0, 0.05) is 35.9 Å². The van der Waals surface area contributed by atoms with Crippen molar-refractivity contribution in [2.24, 2.45) is 0 Å². The lowest BCUT2D eigenvalue weighted by atomic mass is 10.1. The largest absolute Gasteiger partial charge is 0.361 e. The minimum atomic E-state index is -0.165. The molecule has 1 aromatic carbocycles. The second-order valence-electron chi connectivity index (χ2n) is 6.76. The number of H-pyrrole nitrogens is 1. The lowest BCUT2D eigenvalue weighted by molar-refractivity contribution is 0.0949. The molecule has 0 radical (unpaired) electrons. The van der Waals surface area contributed by atoms with E-state index < -0.39 is 0 Å². The van der Waals surface area contributed by atoms with Crippen molar-refractivity contribution in [3.63, 3.8) is 0 Å². The zero-order valence-electron chi connectivity index (χ0n) is 14.7. The van der Waals surface area contributed by atoms with Crippen LogP contribution < -0.4 is 10.6 Å². The van der Waals surface area contributed by atoms with E-state index in [1.807, 2.05) is 18.3 Å². The van der Waals surface area contributed by atoms with Gasteiger partial charge >= 0.3 is 0 Å². The van der Waals surface area contributed by atoms with Crippen LogP contribution in [0.25, 0.3) is 10.9 Å². The highest BCUT2D eigenvalue weighted by molar-refractivity contribution is 5.92. The molecular weight excluding hydrogens is 326 g/mol. The van der Waals surface area contributed by atoms with E-state index in [2.05, 4.69) is 37.7 Å². The van der Waals surface area contributed by atoms with Gasteiger partial charge in [-0.05, 0) is 37.0 Å². The van der Waals surface area contributed by atoms with Gasteiger partial charge in [-0.25, -0.2) is 9.97 Å². The Balaban J connectivity index is 1.34. The lowest BCUT2D eigenvalue weighted by Gasteiger charge is -2.12. The van der Waals surface area contributed by atoms with Crippen LogP contribution in [0, 0.1) is 0 Å². The SMILES string of the molecule is O=C(NCCc1c[nH]c2ccccc12)c1ccnc(NC2CCCC2)n1. The first-order valence-electron chi connectivity index (χ1n) is 9.22. The van der Waals surface area contributed by atoms with Gasteiger partial charge in [-0.1, -0.05) is 31.0 Å². The number of anilines is 1. The number of amides is 1. The maximum absolute atomic E-state index is 12.4. The van der Waals surface area contributed by atoms with Crippen LogP contribution in [-0.4, -0.2) is 33.4 Å². The number of fused-ring (bicyclic) bond motifs is 1. The van der Waals surface area contributed by atoms with Gasteiger partial charge in [0.1, 0.15) is 5.69 Å². The van der Waals surface area contributed by atoms with Gasteiger partial charge in [-0.15, -0.1) is 0 Å². The maximum Gasteiger partial charge on any atom is 0.270 e. The van der Waals surface area contributed by atoms with Crippen molar-refractivity contribution in [1.29, 1.82) is 0 Å². The summed E-state index contributed by atoms with van der Waals surface area (Å²) in [7, 11) is 0. The molecule has 2 heterocycles. The van der Waals surface area contributed by atoms with E-state index in [1.165, 1.54) is 23.8 Å². The first kappa shape index (κ1) is 16.6. The fourth-order valence-corrected chi connectivity index (χ4v) is 3.55. The quantitative estimate of drug-likeness (QED) is 0.638. The molecule has 1 amide bonds. The molecule has 0 aliphatic heterocycles. The third-order valence-electron chi connectivity index (χ3n) is 4.93. The van der Waals surface area contributed by atoms with Crippen LogP contribution in [0.5, 0.6) is 0 Å². The van der Waals surface area contributed by atoms with E-state index in [0.29, 0.717) is 24.2 Å². The summed E-state index contributed by atoms with van der Waals surface area (Å²) >= 11 is 0. The number of nitrogens with one attached hydrogen (secondary N) is 3. The molecule has 0 bridgehead atoms. The minimum Gasteiger partial charge on any atom is -0.361 e. The molecule has 0 saturated heterocycles. The summed E-state index contributed by atoms with van der Waals surface area (Å²) in [6.07, 6.45) is 9.18. The van der Waals surface area contributed by atoms with Crippen LogP contribution in [0.4, 0.5) is 5.95 Å². The zero-order valence-corrected chi connectivity index (χ0v) is 14.7. The van der Waals surface area contributed by atoms with Crippen molar-refractivity contribution in [1.82, 2.24) is 20.3 Å². The van der Waals surface area contributed by atoms with Crippen LogP contribution in [0.2, 0.25) is 0 Å². The van der Waals surface area contributed by atoms with Crippen LogP contribution in [0.3, 0.4) is 0 Å². The summed E-state index contributed by atoms with van der Waals surface area (Å²) in [5.74, 6) is 0.378. The maximum atomic E-state index is 12.4. The third kappa shape index (κ3) is 3.69. The van der Waals surface area contributed by atoms with Crippen molar-refractivity contribution in [2.75, 3.05) is 11.9 Å². The van der Waals surface area contributed by atoms with Gasteiger partial charge in [0.2, 0.25) is 5.95 Å². The van der Waals surface area contributed by atoms with Gasteiger partial charge in [-0.3, -0.25) is 4.79 Å². The number of rotatable bonds is 6. The molecule has 0 unspecified atom stereocenters. The second kappa shape index (κ2) is 7.56. The molecule has 3 N–H and O–H groups in total. The normalized spacial score (nSPS) is 14.6. The third-order valence-corrected chi connectivity index (χ3v) is 4.93. The van der Waals surface area contributed by atoms with E-state index in [0.717, 1.165) is 24.8 Å². The molecule has 0 atom stereocenters. The monoisotopic (exact) mass is 349 g/mol. The van der Waals surface area contributed by atoms with Gasteiger partial charge in [0.25, 0.3) is 5.91 Å². The first-order chi connectivity index (χ1) is 12.8. The smallest absolute Gasteiger partial charge is 0.270 e. The molecule has 1 aliphatic rings. The van der Waals surface area contributed by atoms with Crippen molar-refractivity contribution >= 4 is 22.8 Å². The van der Waals surface area contributed by atoms with E-state index in [4.69, 9.17) is 0 Å². The molecule has 1 aliphatic carbocycles. The van der Waals surface area contributed by atoms with Gasteiger partial charge in [0.15, 0.2) is 0 Å². The summed E-state index contributed by atoms with van der Waals surface area (Å²) in [5, 5.41) is 7.48. The van der Waals surface area contributed by atoms with Crippen molar-refractivity contribution in [3.05, 3.63) is 54.0 Å². The Morgan fingerprint density at radius 1 is 1.19 bits per heavy atom. The number of carbonyl (C=O) groups is 1. The summed E-state index contributed by atoms with van der Waals surface area (Å²) in [6.45, 7) is 0.566. The highest BCUT2D eigenvalue weighted by atomic mass is 16.1. The predicted octanol–water partition coefficient (Wildman–Crippen LogP) is 3.28. The Labute approximate surface area is 152 Å². The molecule has 1 fully saturated rings. The van der Waals surface area contributed by atoms with Crippen LogP contribution >= 0.6 is 0 Å². The molecule has 1 saturated carbocycles. The Hall–Kier alpha value is -2.89. The van der Waals surface area contributed by atoms with E-state index in [1.54, 1.807) is 12.3 Å². The Morgan fingerprint density at radius 3 is 2.92 bits per heavy atom. The lowest BCUT2D eigenvalue weighted by Crippen LogP contribution is -2.27. The fraction of sp³-hybridized carbons (Fsp3) is 0.350. The molecule has 4 rings (SSSR count). The van der Waals surface area contributed by atoms with Gasteiger partial charge < -0.3 is 15.6 Å². The number of aromatic amines is 1. The molecule has 3 aromatic rings. The Morgan fingerprint density at radius 2 is 2.04 bits per heavy atom. The molecule has 6 heteroatoms. The Kier molecular flexibility index (Phi) is 4.82. The molecule has 0 spiro atoms. The van der Waals surface area contributed by atoms with Crippen molar-refractivity contribution < 1.29 is 4.79 Å². The Bertz CT molecular complexity index is 898. The van der Waals surface area contributed by atoms with Crippen molar-refractivity contribution in [2.45, 2.75) is 38.1 Å². The number of hydrogen-bond donors (Lipinski definition) is 3. The number of aromatic nitrogens is 3. The average molecular weight is 349 g/mol. The second-order valence-corrected chi connectivity index (χ2v) is 6.76. The number of para-hydroxylation sites is 1.